The van der Waals surface area contributed by atoms with E-state index in [9.17, 15) is 9.59 Å². The second kappa shape index (κ2) is 12.0. The minimum Gasteiger partial charge on any atom is -0.289 e. The zero-order valence-corrected chi connectivity index (χ0v) is 29.7. The third kappa shape index (κ3) is 6.34. The molecule has 0 aliphatic rings. The molecule has 1 heterocycles. The monoisotopic (exact) mass is 631 g/mol. The Bertz CT molecular complexity index is 2160. The van der Waals surface area contributed by atoms with Crippen LogP contribution >= 0.6 is 0 Å². The average molecular weight is 632 g/mol. The van der Waals surface area contributed by atoms with Crippen molar-refractivity contribution in [1.29, 1.82) is 0 Å². The van der Waals surface area contributed by atoms with E-state index in [1.807, 2.05) is 84.9 Å². The minimum absolute atomic E-state index is 0.00477. The Hall–Kier alpha value is -4.89. The van der Waals surface area contributed by atoms with Crippen LogP contribution in [-0.4, -0.2) is 16.6 Å². The van der Waals surface area contributed by atoms with Crippen molar-refractivity contribution in [3.8, 4) is 11.1 Å². The lowest BCUT2D eigenvalue weighted by Gasteiger charge is -2.20. The molecule has 0 atom stereocenters. The molecular weight excluding hydrogens is 587 g/mol. The fourth-order valence-corrected chi connectivity index (χ4v) is 6.30. The molecule has 242 valence electrons. The summed E-state index contributed by atoms with van der Waals surface area (Å²) in [4.78, 5) is 33.0. The number of ketones is 2. The highest BCUT2D eigenvalue weighted by atomic mass is 16.1. The Morgan fingerprint density at radius 1 is 0.479 bits per heavy atom. The van der Waals surface area contributed by atoms with Crippen molar-refractivity contribution in [3.63, 3.8) is 0 Å². The Balaban J connectivity index is 1.54. The first-order chi connectivity index (χ1) is 22.5. The second-order valence-electron chi connectivity index (χ2n) is 16.1. The number of carbonyl (C=O) groups excluding carboxylic acids is 2. The number of aromatic nitrogens is 1. The second-order valence-corrected chi connectivity index (χ2v) is 16.1. The number of benzene rings is 5. The summed E-state index contributed by atoms with van der Waals surface area (Å²) in [5, 5.41) is 1.75. The van der Waals surface area contributed by atoms with Gasteiger partial charge in [-0.3, -0.25) is 9.59 Å². The first-order valence-corrected chi connectivity index (χ1v) is 16.8. The molecule has 5 aromatic carbocycles. The van der Waals surface area contributed by atoms with E-state index in [1.54, 1.807) is 0 Å². The lowest BCUT2D eigenvalue weighted by Crippen LogP contribution is -2.11. The van der Waals surface area contributed by atoms with Gasteiger partial charge in [-0.05, 0) is 62.8 Å². The summed E-state index contributed by atoms with van der Waals surface area (Å²) in [5.74, 6) is -0.0958. The van der Waals surface area contributed by atoms with Gasteiger partial charge in [0, 0.05) is 38.6 Å². The highest BCUT2D eigenvalue weighted by Crippen LogP contribution is 2.38. The zero-order chi connectivity index (χ0) is 34.6. The Morgan fingerprint density at radius 3 is 1.44 bits per heavy atom. The van der Waals surface area contributed by atoms with Gasteiger partial charge in [-0.2, -0.15) is 0 Å². The quantitative estimate of drug-likeness (QED) is 0.140. The maximum absolute atomic E-state index is 14.1. The van der Waals surface area contributed by atoms with Crippen molar-refractivity contribution < 1.29 is 9.59 Å². The van der Waals surface area contributed by atoms with E-state index < -0.39 is 0 Å². The topological polar surface area (TPSA) is 47.0 Å². The fourth-order valence-electron chi connectivity index (χ4n) is 6.30. The smallest absolute Gasteiger partial charge is 0.195 e. The van der Waals surface area contributed by atoms with E-state index in [0.29, 0.717) is 27.8 Å². The molecule has 0 saturated carbocycles. The van der Waals surface area contributed by atoms with Gasteiger partial charge in [0.05, 0.1) is 11.0 Å². The van der Waals surface area contributed by atoms with Crippen LogP contribution in [0.1, 0.15) is 111 Å². The van der Waals surface area contributed by atoms with Crippen LogP contribution in [0.2, 0.25) is 0 Å². The summed E-state index contributed by atoms with van der Waals surface area (Å²) >= 11 is 0. The van der Waals surface area contributed by atoms with E-state index in [-0.39, 0.29) is 27.8 Å². The number of rotatable bonds is 5. The van der Waals surface area contributed by atoms with Crippen molar-refractivity contribution >= 4 is 33.4 Å². The van der Waals surface area contributed by atoms with E-state index in [4.69, 9.17) is 4.98 Å². The summed E-state index contributed by atoms with van der Waals surface area (Å²) in [6, 6.07) is 36.0. The van der Waals surface area contributed by atoms with Crippen LogP contribution in [0.3, 0.4) is 0 Å². The first-order valence-electron chi connectivity index (χ1n) is 16.8. The van der Waals surface area contributed by atoms with Gasteiger partial charge < -0.3 is 0 Å². The molecule has 0 saturated heterocycles. The molecule has 0 bridgehead atoms. The summed E-state index contributed by atoms with van der Waals surface area (Å²) in [6.45, 7) is 19.6. The highest BCUT2D eigenvalue weighted by molar-refractivity contribution is 6.20. The number of fused-ring (bicyclic) bond motifs is 2. The summed E-state index contributed by atoms with van der Waals surface area (Å²) < 4.78 is 0. The Morgan fingerprint density at radius 2 is 0.938 bits per heavy atom. The fraction of sp³-hybridized carbons (Fsp3) is 0.267. The van der Waals surface area contributed by atoms with Gasteiger partial charge >= 0.3 is 0 Å². The van der Waals surface area contributed by atoms with E-state index in [1.165, 1.54) is 16.7 Å². The molecule has 6 aromatic rings. The molecule has 0 spiro atoms. The maximum Gasteiger partial charge on any atom is 0.195 e. The van der Waals surface area contributed by atoms with Crippen LogP contribution in [-0.2, 0) is 16.2 Å². The molecular formula is C45H45NO2. The van der Waals surface area contributed by atoms with Crippen molar-refractivity contribution in [3.05, 3.63) is 148 Å². The van der Waals surface area contributed by atoms with Crippen molar-refractivity contribution in [2.24, 2.45) is 0 Å². The lowest BCUT2D eigenvalue weighted by molar-refractivity contribution is 0.103. The number of pyridine rings is 1. The molecule has 0 amide bonds. The lowest BCUT2D eigenvalue weighted by atomic mass is 9.85. The van der Waals surface area contributed by atoms with Crippen molar-refractivity contribution in [2.45, 2.75) is 78.6 Å². The SMILES string of the molecule is CC(C)(C)c1ccc(C(=O)c2ccc3nc4c(C(=O)c5ccc(C(C)(C)C)cc5)cccc4c(-c4ccc(C(C)(C)C)cc4)c3c2)cc1. The number of hydrogen-bond donors (Lipinski definition) is 0. The van der Waals surface area contributed by atoms with Crippen LogP contribution in [0.4, 0.5) is 0 Å². The molecule has 0 fully saturated rings. The third-order valence-corrected chi connectivity index (χ3v) is 9.38. The van der Waals surface area contributed by atoms with Crippen LogP contribution in [0.25, 0.3) is 32.9 Å². The van der Waals surface area contributed by atoms with Gasteiger partial charge in [-0.15, -0.1) is 0 Å². The van der Waals surface area contributed by atoms with Gasteiger partial charge in [-0.25, -0.2) is 4.98 Å². The van der Waals surface area contributed by atoms with Gasteiger partial charge in [-0.1, -0.05) is 147 Å². The standard InChI is InChI=1S/C45H45NO2/c1-43(2,3)32-20-13-28(14-21-32)39-35-11-10-12-36(42(48)30-17-24-34(25-18-30)45(7,8)9)40(35)46-38-26-19-31(27-37(38)39)41(47)29-15-22-33(23-16-29)44(4,5)6/h10-27H,1-9H3. The number of hydrogen-bond acceptors (Lipinski definition) is 3. The van der Waals surface area contributed by atoms with Gasteiger partial charge in [0.15, 0.2) is 11.6 Å². The molecule has 1 aromatic heterocycles. The van der Waals surface area contributed by atoms with Gasteiger partial charge in [0.1, 0.15) is 0 Å². The summed E-state index contributed by atoms with van der Waals surface area (Å²) in [5.41, 5.74) is 9.41. The molecule has 6 rings (SSSR count). The molecule has 3 nitrogen and oxygen atoms in total. The summed E-state index contributed by atoms with van der Waals surface area (Å²) in [6.07, 6.45) is 0. The minimum atomic E-state index is -0.0626. The third-order valence-electron chi connectivity index (χ3n) is 9.38. The normalized spacial score (nSPS) is 12.4. The van der Waals surface area contributed by atoms with Gasteiger partial charge in [0.2, 0.25) is 0 Å². The first kappa shape index (κ1) is 33.0. The molecule has 3 heteroatoms. The maximum atomic E-state index is 14.1. The zero-order valence-electron chi connectivity index (χ0n) is 29.7. The van der Waals surface area contributed by atoms with Crippen LogP contribution in [0.15, 0.2) is 109 Å². The predicted octanol–water partition coefficient (Wildman–Crippen LogP) is 11.4. The average Bonchev–Trinajstić information content (AvgIpc) is 3.05. The van der Waals surface area contributed by atoms with E-state index in [2.05, 4.69) is 86.6 Å². The number of nitrogens with zero attached hydrogens (tertiary/aromatic N) is 1. The van der Waals surface area contributed by atoms with E-state index in [0.717, 1.165) is 27.4 Å². The predicted molar refractivity (Wildman–Crippen MR) is 201 cm³/mol. The Kier molecular flexibility index (Phi) is 8.24. The highest BCUT2D eigenvalue weighted by Gasteiger charge is 2.22. The molecule has 0 unspecified atom stereocenters. The molecule has 0 radical (unpaired) electrons. The van der Waals surface area contributed by atoms with Crippen molar-refractivity contribution in [1.82, 2.24) is 4.98 Å². The van der Waals surface area contributed by atoms with Crippen LogP contribution < -0.4 is 0 Å². The molecule has 48 heavy (non-hydrogen) atoms. The van der Waals surface area contributed by atoms with E-state index >= 15 is 0 Å². The largest absolute Gasteiger partial charge is 0.289 e. The molecule has 0 aliphatic heterocycles. The van der Waals surface area contributed by atoms with Gasteiger partial charge in [0.25, 0.3) is 0 Å². The number of carbonyl (C=O) groups is 2. The van der Waals surface area contributed by atoms with Crippen molar-refractivity contribution in [2.75, 3.05) is 0 Å². The number of para-hydroxylation sites is 1. The van der Waals surface area contributed by atoms with Crippen LogP contribution in [0, 0.1) is 0 Å². The Labute approximate surface area is 285 Å². The van der Waals surface area contributed by atoms with Crippen LogP contribution in [0.5, 0.6) is 0 Å². The summed E-state index contributed by atoms with van der Waals surface area (Å²) in [7, 11) is 0. The molecule has 0 N–H and O–H groups in total. The molecule has 0 aliphatic carbocycles.